The molecule has 2 rings (SSSR count). The van der Waals surface area contributed by atoms with Crippen LogP contribution >= 0.6 is 34.8 Å². The Bertz CT molecular complexity index is 552. The van der Waals surface area contributed by atoms with Crippen molar-refractivity contribution < 1.29 is 4.39 Å². The molecule has 0 aromatic heterocycles. The van der Waals surface area contributed by atoms with Crippen LogP contribution < -0.4 is 5.32 Å². The van der Waals surface area contributed by atoms with Gasteiger partial charge in [-0.25, -0.2) is 4.39 Å². The standard InChI is InChI=1S/C13H9Cl3FN/c14-9-3-1-5-11(17)8(9)7-18-12-6-2-4-10(15)13(12)16/h1-6,18H,7H2. The van der Waals surface area contributed by atoms with Crippen molar-refractivity contribution in [3.8, 4) is 0 Å². The highest BCUT2D eigenvalue weighted by atomic mass is 35.5. The quantitative estimate of drug-likeness (QED) is 0.800. The summed E-state index contributed by atoms with van der Waals surface area (Å²) in [5.41, 5.74) is 1.04. The minimum absolute atomic E-state index is 0.242. The van der Waals surface area contributed by atoms with Gasteiger partial charge in [-0.05, 0) is 24.3 Å². The first-order valence-electron chi connectivity index (χ1n) is 5.20. The summed E-state index contributed by atoms with van der Waals surface area (Å²) in [7, 11) is 0. The van der Waals surface area contributed by atoms with Crippen LogP contribution in [0.3, 0.4) is 0 Å². The number of halogens is 4. The highest BCUT2D eigenvalue weighted by molar-refractivity contribution is 6.43. The van der Waals surface area contributed by atoms with Gasteiger partial charge in [0.05, 0.1) is 15.7 Å². The second-order valence-electron chi connectivity index (χ2n) is 3.66. The average Bonchev–Trinajstić information content (AvgIpc) is 2.33. The topological polar surface area (TPSA) is 12.0 Å². The van der Waals surface area contributed by atoms with Gasteiger partial charge in [0, 0.05) is 17.1 Å². The first-order chi connectivity index (χ1) is 8.59. The zero-order chi connectivity index (χ0) is 13.1. The SMILES string of the molecule is Fc1cccc(Cl)c1CNc1cccc(Cl)c1Cl. The number of benzene rings is 2. The molecule has 1 nitrogen and oxygen atoms in total. The van der Waals surface area contributed by atoms with Crippen LogP contribution in [0.15, 0.2) is 36.4 Å². The Hall–Kier alpha value is -0.960. The average molecular weight is 305 g/mol. The fraction of sp³-hybridized carbons (Fsp3) is 0.0769. The molecule has 94 valence electrons. The fourth-order valence-electron chi connectivity index (χ4n) is 1.53. The van der Waals surface area contributed by atoms with Gasteiger partial charge < -0.3 is 5.32 Å². The third-order valence-electron chi connectivity index (χ3n) is 2.47. The molecule has 2 aromatic carbocycles. The van der Waals surface area contributed by atoms with Crippen molar-refractivity contribution in [2.45, 2.75) is 6.54 Å². The largest absolute Gasteiger partial charge is 0.380 e. The third kappa shape index (κ3) is 2.89. The van der Waals surface area contributed by atoms with Crippen molar-refractivity contribution in [1.82, 2.24) is 0 Å². The van der Waals surface area contributed by atoms with Gasteiger partial charge in [-0.3, -0.25) is 0 Å². The van der Waals surface area contributed by atoms with E-state index < -0.39 is 0 Å². The Kier molecular flexibility index (Phi) is 4.33. The molecule has 5 heteroatoms. The molecule has 18 heavy (non-hydrogen) atoms. The van der Waals surface area contributed by atoms with Crippen LogP contribution in [0.2, 0.25) is 15.1 Å². The van der Waals surface area contributed by atoms with E-state index in [-0.39, 0.29) is 12.4 Å². The van der Waals surface area contributed by atoms with E-state index in [1.807, 2.05) is 0 Å². The molecule has 0 unspecified atom stereocenters. The molecule has 0 saturated carbocycles. The molecule has 1 N–H and O–H groups in total. The van der Waals surface area contributed by atoms with Gasteiger partial charge in [0.1, 0.15) is 5.82 Å². The molecule has 0 aliphatic carbocycles. The van der Waals surface area contributed by atoms with E-state index in [2.05, 4.69) is 5.32 Å². The summed E-state index contributed by atoms with van der Waals surface area (Å²) in [5.74, 6) is -0.354. The number of hydrogen-bond acceptors (Lipinski definition) is 1. The first kappa shape index (κ1) is 13.5. The summed E-state index contributed by atoms with van der Waals surface area (Å²) in [5, 5.41) is 4.24. The van der Waals surface area contributed by atoms with Gasteiger partial charge in [-0.2, -0.15) is 0 Å². The monoisotopic (exact) mass is 303 g/mol. The summed E-state index contributed by atoms with van der Waals surface area (Å²) in [4.78, 5) is 0. The molecule has 0 heterocycles. The lowest BCUT2D eigenvalue weighted by molar-refractivity contribution is 0.613. The molecule has 0 spiro atoms. The minimum Gasteiger partial charge on any atom is -0.380 e. The number of nitrogens with one attached hydrogen (secondary N) is 1. The van der Waals surface area contributed by atoms with Gasteiger partial charge in [-0.15, -0.1) is 0 Å². The molecule has 0 aliphatic heterocycles. The van der Waals surface area contributed by atoms with E-state index in [0.717, 1.165) is 0 Å². The van der Waals surface area contributed by atoms with Crippen molar-refractivity contribution in [2.24, 2.45) is 0 Å². The van der Waals surface area contributed by atoms with E-state index in [0.29, 0.717) is 26.3 Å². The maximum absolute atomic E-state index is 13.5. The predicted octanol–water partition coefficient (Wildman–Crippen LogP) is 5.40. The summed E-state index contributed by atoms with van der Waals surface area (Å²) in [6.07, 6.45) is 0. The maximum Gasteiger partial charge on any atom is 0.129 e. The van der Waals surface area contributed by atoms with Gasteiger partial charge in [0.15, 0.2) is 0 Å². The van der Waals surface area contributed by atoms with E-state index >= 15 is 0 Å². The molecule has 0 fully saturated rings. The lowest BCUT2D eigenvalue weighted by Crippen LogP contribution is -2.03. The Morgan fingerprint density at radius 1 is 0.944 bits per heavy atom. The Morgan fingerprint density at radius 2 is 1.61 bits per heavy atom. The Balaban J connectivity index is 2.19. The lowest BCUT2D eigenvalue weighted by Gasteiger charge is -2.11. The van der Waals surface area contributed by atoms with Gasteiger partial charge in [0.25, 0.3) is 0 Å². The highest BCUT2D eigenvalue weighted by Gasteiger charge is 2.08. The van der Waals surface area contributed by atoms with Crippen LogP contribution in [0.25, 0.3) is 0 Å². The van der Waals surface area contributed by atoms with Crippen LogP contribution in [0.4, 0.5) is 10.1 Å². The molecule has 0 atom stereocenters. The first-order valence-corrected chi connectivity index (χ1v) is 6.33. The van der Waals surface area contributed by atoms with Crippen molar-refractivity contribution in [2.75, 3.05) is 5.32 Å². The molecule has 0 amide bonds. The molecular formula is C13H9Cl3FN. The van der Waals surface area contributed by atoms with E-state index in [1.54, 1.807) is 30.3 Å². The maximum atomic E-state index is 13.5. The minimum atomic E-state index is -0.354. The second-order valence-corrected chi connectivity index (χ2v) is 4.85. The van der Waals surface area contributed by atoms with Gasteiger partial charge >= 0.3 is 0 Å². The van der Waals surface area contributed by atoms with E-state index in [4.69, 9.17) is 34.8 Å². The zero-order valence-corrected chi connectivity index (χ0v) is 11.5. The predicted molar refractivity (Wildman–Crippen MR) is 75.2 cm³/mol. The number of rotatable bonds is 3. The lowest BCUT2D eigenvalue weighted by atomic mass is 10.2. The van der Waals surface area contributed by atoms with E-state index in [9.17, 15) is 4.39 Å². The van der Waals surface area contributed by atoms with Crippen LogP contribution in [0.5, 0.6) is 0 Å². The zero-order valence-electron chi connectivity index (χ0n) is 9.18. The van der Waals surface area contributed by atoms with Crippen LogP contribution in [-0.2, 0) is 6.54 Å². The van der Waals surface area contributed by atoms with Crippen LogP contribution in [0, 0.1) is 5.82 Å². The Labute approximate surface area is 119 Å². The van der Waals surface area contributed by atoms with Crippen molar-refractivity contribution >= 4 is 40.5 Å². The van der Waals surface area contributed by atoms with Crippen molar-refractivity contribution in [3.63, 3.8) is 0 Å². The third-order valence-corrected chi connectivity index (χ3v) is 3.64. The summed E-state index contributed by atoms with van der Waals surface area (Å²) in [6.45, 7) is 0.242. The number of anilines is 1. The summed E-state index contributed by atoms with van der Waals surface area (Å²) >= 11 is 17.8. The second kappa shape index (κ2) is 5.79. The molecule has 0 radical (unpaired) electrons. The van der Waals surface area contributed by atoms with Crippen LogP contribution in [0.1, 0.15) is 5.56 Å². The normalized spacial score (nSPS) is 10.4. The fourth-order valence-corrected chi connectivity index (χ4v) is 2.12. The molecule has 0 aliphatic rings. The number of hydrogen-bond donors (Lipinski definition) is 1. The smallest absolute Gasteiger partial charge is 0.129 e. The molecule has 0 bridgehead atoms. The summed E-state index contributed by atoms with van der Waals surface area (Å²) < 4.78 is 13.5. The van der Waals surface area contributed by atoms with Crippen LogP contribution in [-0.4, -0.2) is 0 Å². The van der Waals surface area contributed by atoms with Crippen molar-refractivity contribution in [1.29, 1.82) is 0 Å². The van der Waals surface area contributed by atoms with Crippen molar-refractivity contribution in [3.05, 3.63) is 62.8 Å². The highest BCUT2D eigenvalue weighted by Crippen LogP contribution is 2.30. The van der Waals surface area contributed by atoms with Gasteiger partial charge in [-0.1, -0.05) is 46.9 Å². The van der Waals surface area contributed by atoms with Gasteiger partial charge in [0.2, 0.25) is 0 Å². The Morgan fingerprint density at radius 3 is 2.33 bits per heavy atom. The molecule has 2 aromatic rings. The summed E-state index contributed by atoms with van der Waals surface area (Å²) in [6, 6.07) is 9.78. The molecular weight excluding hydrogens is 296 g/mol. The molecule has 0 saturated heterocycles. The van der Waals surface area contributed by atoms with E-state index in [1.165, 1.54) is 6.07 Å².